The number of para-hydroxylation sites is 1. The van der Waals surface area contributed by atoms with E-state index in [1.807, 2.05) is 37.3 Å². The Hall–Kier alpha value is -2.69. The van der Waals surface area contributed by atoms with Gasteiger partial charge in [0.2, 0.25) is 0 Å². The molecule has 25 heavy (non-hydrogen) atoms. The summed E-state index contributed by atoms with van der Waals surface area (Å²) >= 11 is 0. The maximum atomic E-state index is 10.8. The zero-order valence-corrected chi connectivity index (χ0v) is 14.9. The summed E-state index contributed by atoms with van der Waals surface area (Å²) in [6.07, 6.45) is 0.433. The molecule has 0 saturated heterocycles. The third-order valence-electron chi connectivity index (χ3n) is 3.97. The molecule has 0 radical (unpaired) electrons. The molecule has 2 aromatic rings. The molecule has 0 unspecified atom stereocenters. The van der Waals surface area contributed by atoms with Crippen LogP contribution < -0.4 is 14.2 Å². The Bertz CT molecular complexity index is 724. The van der Waals surface area contributed by atoms with E-state index >= 15 is 0 Å². The molecule has 0 aromatic heterocycles. The normalized spacial score (nSPS) is 10.4. The molecule has 0 atom stereocenters. The molecule has 0 aliphatic heterocycles. The third kappa shape index (κ3) is 5.41. The number of hydrogen-bond acceptors (Lipinski definition) is 4. The van der Waals surface area contributed by atoms with E-state index in [1.54, 1.807) is 13.2 Å². The van der Waals surface area contributed by atoms with Crippen molar-refractivity contribution >= 4 is 5.97 Å². The number of aryl methyl sites for hydroxylation is 3. The number of aliphatic carboxylic acids is 1. The SMILES string of the molecule is COc1cccc(CCC(=O)O)c1OCCOc1ccc(C)c(C)c1. The predicted molar refractivity (Wildman–Crippen MR) is 95.9 cm³/mol. The summed E-state index contributed by atoms with van der Waals surface area (Å²) in [6, 6.07) is 11.4. The Morgan fingerprint density at radius 3 is 2.48 bits per heavy atom. The molecule has 0 aliphatic rings. The van der Waals surface area contributed by atoms with E-state index in [9.17, 15) is 4.79 Å². The largest absolute Gasteiger partial charge is 0.493 e. The second kappa shape index (κ2) is 8.97. The average Bonchev–Trinajstić information content (AvgIpc) is 2.60. The fraction of sp³-hybridized carbons (Fsp3) is 0.350. The number of hydrogen-bond donors (Lipinski definition) is 1. The van der Waals surface area contributed by atoms with Gasteiger partial charge in [0.15, 0.2) is 11.5 Å². The second-order valence-corrected chi connectivity index (χ2v) is 5.79. The molecule has 1 N–H and O–H groups in total. The van der Waals surface area contributed by atoms with Crippen molar-refractivity contribution in [3.8, 4) is 17.2 Å². The van der Waals surface area contributed by atoms with Crippen molar-refractivity contribution in [2.75, 3.05) is 20.3 Å². The highest BCUT2D eigenvalue weighted by Crippen LogP contribution is 2.32. The standard InChI is InChI=1S/C20H24O5/c1-14-7-9-17(13-15(14)2)24-11-12-25-20-16(8-10-19(21)22)5-4-6-18(20)23-3/h4-7,9,13H,8,10-12H2,1-3H3,(H,21,22). The van der Waals surface area contributed by atoms with E-state index in [4.69, 9.17) is 19.3 Å². The highest BCUT2D eigenvalue weighted by atomic mass is 16.5. The lowest BCUT2D eigenvalue weighted by Gasteiger charge is -2.15. The van der Waals surface area contributed by atoms with E-state index in [-0.39, 0.29) is 6.42 Å². The highest BCUT2D eigenvalue weighted by molar-refractivity contribution is 5.67. The monoisotopic (exact) mass is 344 g/mol. The van der Waals surface area contributed by atoms with Crippen LogP contribution in [0.3, 0.4) is 0 Å². The Morgan fingerprint density at radius 1 is 1.04 bits per heavy atom. The Balaban J connectivity index is 1.96. The van der Waals surface area contributed by atoms with Crippen LogP contribution in [0.4, 0.5) is 0 Å². The highest BCUT2D eigenvalue weighted by Gasteiger charge is 2.12. The van der Waals surface area contributed by atoms with Crippen molar-refractivity contribution in [3.05, 3.63) is 53.1 Å². The van der Waals surface area contributed by atoms with Crippen LogP contribution in [0.25, 0.3) is 0 Å². The summed E-state index contributed by atoms with van der Waals surface area (Å²) in [5, 5.41) is 8.88. The summed E-state index contributed by atoms with van der Waals surface area (Å²) in [4.78, 5) is 10.8. The van der Waals surface area contributed by atoms with Crippen LogP contribution >= 0.6 is 0 Å². The van der Waals surface area contributed by atoms with Crippen molar-refractivity contribution in [1.82, 2.24) is 0 Å². The summed E-state index contributed by atoms with van der Waals surface area (Å²) in [6.45, 7) is 4.83. The fourth-order valence-corrected chi connectivity index (χ4v) is 2.43. The molecule has 134 valence electrons. The van der Waals surface area contributed by atoms with Crippen molar-refractivity contribution in [2.45, 2.75) is 26.7 Å². The summed E-state index contributed by atoms with van der Waals surface area (Å²) in [5.74, 6) is 1.13. The van der Waals surface area contributed by atoms with Crippen molar-refractivity contribution in [3.63, 3.8) is 0 Å². The molecule has 2 aromatic carbocycles. The molecule has 2 rings (SSSR count). The predicted octanol–water partition coefficient (Wildman–Crippen LogP) is 3.79. The van der Waals surface area contributed by atoms with Gasteiger partial charge in [-0.1, -0.05) is 18.2 Å². The molecular weight excluding hydrogens is 320 g/mol. The molecule has 0 heterocycles. The number of carbonyl (C=O) groups is 1. The quantitative estimate of drug-likeness (QED) is 0.701. The minimum absolute atomic E-state index is 0.0443. The van der Waals surface area contributed by atoms with E-state index in [1.165, 1.54) is 11.1 Å². The van der Waals surface area contributed by atoms with Gasteiger partial charge in [0.1, 0.15) is 19.0 Å². The fourth-order valence-electron chi connectivity index (χ4n) is 2.43. The first-order valence-corrected chi connectivity index (χ1v) is 8.21. The topological polar surface area (TPSA) is 65.0 Å². The van der Waals surface area contributed by atoms with Crippen LogP contribution in [0.2, 0.25) is 0 Å². The Kier molecular flexibility index (Phi) is 6.69. The molecular formula is C20H24O5. The van der Waals surface area contributed by atoms with E-state index in [0.717, 1.165) is 11.3 Å². The smallest absolute Gasteiger partial charge is 0.303 e. The van der Waals surface area contributed by atoms with Gasteiger partial charge in [-0.3, -0.25) is 4.79 Å². The molecule has 0 spiro atoms. The van der Waals surface area contributed by atoms with E-state index in [2.05, 4.69) is 6.92 Å². The first-order chi connectivity index (χ1) is 12.0. The Labute approximate surface area is 148 Å². The van der Waals surface area contributed by atoms with Crippen LogP contribution in [-0.4, -0.2) is 31.4 Å². The zero-order chi connectivity index (χ0) is 18.2. The van der Waals surface area contributed by atoms with Crippen LogP contribution in [0.1, 0.15) is 23.1 Å². The summed E-state index contributed by atoms with van der Waals surface area (Å²) in [5.41, 5.74) is 3.22. The molecule has 0 fully saturated rings. The van der Waals surface area contributed by atoms with Gasteiger partial charge in [0, 0.05) is 6.42 Å². The summed E-state index contributed by atoms with van der Waals surface area (Å²) < 4.78 is 16.9. The lowest BCUT2D eigenvalue weighted by atomic mass is 10.1. The first kappa shape index (κ1) is 18.6. The van der Waals surface area contributed by atoms with Gasteiger partial charge < -0.3 is 19.3 Å². The van der Waals surface area contributed by atoms with Gasteiger partial charge >= 0.3 is 5.97 Å². The maximum Gasteiger partial charge on any atom is 0.303 e. The zero-order valence-electron chi connectivity index (χ0n) is 14.9. The van der Waals surface area contributed by atoms with Crippen LogP contribution in [-0.2, 0) is 11.2 Å². The van der Waals surface area contributed by atoms with Gasteiger partial charge in [0.25, 0.3) is 0 Å². The van der Waals surface area contributed by atoms with Crippen LogP contribution in [0.15, 0.2) is 36.4 Å². The molecule has 5 nitrogen and oxygen atoms in total. The van der Waals surface area contributed by atoms with Gasteiger partial charge in [-0.2, -0.15) is 0 Å². The first-order valence-electron chi connectivity index (χ1n) is 8.21. The maximum absolute atomic E-state index is 10.8. The minimum atomic E-state index is -0.841. The molecule has 5 heteroatoms. The molecule has 0 amide bonds. The summed E-state index contributed by atoms with van der Waals surface area (Å²) in [7, 11) is 1.56. The van der Waals surface area contributed by atoms with Gasteiger partial charge in [-0.05, 0) is 55.2 Å². The van der Waals surface area contributed by atoms with E-state index in [0.29, 0.717) is 31.1 Å². The number of methoxy groups -OCH3 is 1. The number of benzene rings is 2. The molecule has 0 saturated carbocycles. The number of carboxylic acids is 1. The number of ether oxygens (including phenoxy) is 3. The van der Waals surface area contributed by atoms with Gasteiger partial charge in [-0.15, -0.1) is 0 Å². The lowest BCUT2D eigenvalue weighted by molar-refractivity contribution is -0.136. The molecule has 0 bridgehead atoms. The lowest BCUT2D eigenvalue weighted by Crippen LogP contribution is -2.11. The third-order valence-corrected chi connectivity index (χ3v) is 3.97. The van der Waals surface area contributed by atoms with Crippen molar-refractivity contribution in [1.29, 1.82) is 0 Å². The molecule has 0 aliphatic carbocycles. The number of carboxylic acid groups (broad SMARTS) is 1. The number of rotatable bonds is 9. The van der Waals surface area contributed by atoms with Gasteiger partial charge in [0.05, 0.1) is 7.11 Å². The van der Waals surface area contributed by atoms with Gasteiger partial charge in [-0.25, -0.2) is 0 Å². The minimum Gasteiger partial charge on any atom is -0.493 e. The van der Waals surface area contributed by atoms with Crippen molar-refractivity contribution in [2.24, 2.45) is 0 Å². The van der Waals surface area contributed by atoms with Crippen LogP contribution in [0, 0.1) is 13.8 Å². The van der Waals surface area contributed by atoms with Crippen LogP contribution in [0.5, 0.6) is 17.2 Å². The second-order valence-electron chi connectivity index (χ2n) is 5.79. The Morgan fingerprint density at radius 2 is 1.80 bits per heavy atom. The van der Waals surface area contributed by atoms with E-state index < -0.39 is 5.97 Å². The average molecular weight is 344 g/mol. The van der Waals surface area contributed by atoms with Crippen molar-refractivity contribution < 1.29 is 24.1 Å².